The Kier molecular flexibility index (Phi) is 10.5. The van der Waals surface area contributed by atoms with Crippen molar-refractivity contribution in [2.24, 2.45) is 4.99 Å². The summed E-state index contributed by atoms with van der Waals surface area (Å²) in [5.74, 6) is 1.38. The molecular formula is C18H31IN4O2. The van der Waals surface area contributed by atoms with Crippen molar-refractivity contribution < 1.29 is 9.53 Å². The monoisotopic (exact) mass is 462 g/mol. The summed E-state index contributed by atoms with van der Waals surface area (Å²) in [5, 5.41) is 6.59. The van der Waals surface area contributed by atoms with Gasteiger partial charge in [-0.3, -0.25) is 4.79 Å². The van der Waals surface area contributed by atoms with Crippen LogP contribution in [0, 0.1) is 0 Å². The number of carbonyl (C=O) groups is 1. The van der Waals surface area contributed by atoms with Crippen LogP contribution < -0.4 is 15.4 Å². The Labute approximate surface area is 168 Å². The fourth-order valence-electron chi connectivity index (χ4n) is 1.84. The highest BCUT2D eigenvalue weighted by molar-refractivity contribution is 14.0. The second-order valence-electron chi connectivity index (χ2n) is 6.79. The summed E-state index contributed by atoms with van der Waals surface area (Å²) in [6.07, 6.45) is 0. The van der Waals surface area contributed by atoms with Gasteiger partial charge in [-0.2, -0.15) is 0 Å². The molecule has 0 bridgehead atoms. The first-order valence-corrected chi connectivity index (χ1v) is 8.19. The zero-order valence-corrected chi connectivity index (χ0v) is 18.4. The van der Waals surface area contributed by atoms with E-state index in [0.717, 1.165) is 18.1 Å². The molecule has 0 aliphatic rings. The fourth-order valence-corrected chi connectivity index (χ4v) is 1.84. The van der Waals surface area contributed by atoms with Crippen LogP contribution in [-0.2, 0) is 11.3 Å². The number of aliphatic imine (C=N–C) groups is 1. The molecule has 0 unspecified atom stereocenters. The topological polar surface area (TPSA) is 66.0 Å². The average molecular weight is 462 g/mol. The van der Waals surface area contributed by atoms with Crippen LogP contribution in [0.15, 0.2) is 29.3 Å². The van der Waals surface area contributed by atoms with Gasteiger partial charge in [0.2, 0.25) is 0 Å². The molecular weight excluding hydrogens is 431 g/mol. The number of benzene rings is 1. The van der Waals surface area contributed by atoms with Crippen molar-refractivity contribution in [3.8, 4) is 5.75 Å². The average Bonchev–Trinajstić information content (AvgIpc) is 2.49. The Bertz CT molecular complexity index is 568. The number of ether oxygens (including phenoxy) is 1. The number of amides is 1. The summed E-state index contributed by atoms with van der Waals surface area (Å²) >= 11 is 0. The van der Waals surface area contributed by atoms with E-state index in [2.05, 4.69) is 36.4 Å². The van der Waals surface area contributed by atoms with Gasteiger partial charge in [0.05, 0.1) is 6.54 Å². The smallest absolute Gasteiger partial charge is 0.259 e. The minimum absolute atomic E-state index is 0. The lowest BCUT2D eigenvalue weighted by atomic mass is 10.1. The van der Waals surface area contributed by atoms with E-state index in [1.165, 1.54) is 4.90 Å². The molecule has 7 heteroatoms. The largest absolute Gasteiger partial charge is 0.484 e. The quantitative estimate of drug-likeness (QED) is 0.388. The molecule has 0 spiro atoms. The number of carbonyl (C=O) groups excluding carboxylic acids is 1. The molecule has 0 aliphatic carbocycles. The Balaban J connectivity index is 0.00000576. The molecule has 0 saturated heterocycles. The molecule has 0 aromatic heterocycles. The van der Waals surface area contributed by atoms with Crippen molar-refractivity contribution in [3.63, 3.8) is 0 Å². The minimum atomic E-state index is -0.0674. The van der Waals surface area contributed by atoms with Gasteiger partial charge in [0.1, 0.15) is 5.75 Å². The maximum absolute atomic E-state index is 11.6. The molecule has 0 atom stereocenters. The zero-order chi connectivity index (χ0) is 18.2. The second-order valence-corrected chi connectivity index (χ2v) is 6.79. The zero-order valence-electron chi connectivity index (χ0n) is 16.0. The van der Waals surface area contributed by atoms with Gasteiger partial charge >= 0.3 is 0 Å². The SMILES string of the molecule is CCNC(=NCc1cccc(OCC(=O)N(C)C)c1)NC(C)(C)C.I. The van der Waals surface area contributed by atoms with E-state index in [1.54, 1.807) is 14.1 Å². The summed E-state index contributed by atoms with van der Waals surface area (Å²) in [7, 11) is 3.42. The van der Waals surface area contributed by atoms with Crippen LogP contribution in [0.3, 0.4) is 0 Å². The van der Waals surface area contributed by atoms with Crippen LogP contribution >= 0.6 is 24.0 Å². The molecule has 0 radical (unpaired) electrons. The normalized spacial score (nSPS) is 11.4. The Hall–Kier alpha value is -1.51. The van der Waals surface area contributed by atoms with Crippen molar-refractivity contribution in [2.75, 3.05) is 27.2 Å². The number of rotatable bonds is 6. The van der Waals surface area contributed by atoms with E-state index in [0.29, 0.717) is 12.3 Å². The highest BCUT2D eigenvalue weighted by atomic mass is 127. The summed E-state index contributed by atoms with van der Waals surface area (Å²) in [5.41, 5.74) is 0.967. The van der Waals surface area contributed by atoms with Crippen LogP contribution in [-0.4, -0.2) is 49.6 Å². The van der Waals surface area contributed by atoms with Gasteiger partial charge in [-0.1, -0.05) is 12.1 Å². The van der Waals surface area contributed by atoms with Gasteiger partial charge in [-0.25, -0.2) is 4.99 Å². The number of nitrogens with one attached hydrogen (secondary N) is 2. The molecule has 142 valence electrons. The predicted molar refractivity (Wildman–Crippen MR) is 114 cm³/mol. The molecule has 0 aliphatic heterocycles. The standard InChI is InChI=1S/C18H30N4O2.HI/c1-7-19-17(21-18(2,3)4)20-12-14-9-8-10-15(11-14)24-13-16(23)22(5)6;/h8-11H,7,12-13H2,1-6H3,(H2,19,20,21);1H. The van der Waals surface area contributed by atoms with Crippen LogP contribution in [0.2, 0.25) is 0 Å². The van der Waals surface area contributed by atoms with E-state index in [-0.39, 0.29) is 42.0 Å². The third-order valence-corrected chi connectivity index (χ3v) is 3.02. The van der Waals surface area contributed by atoms with E-state index in [1.807, 2.05) is 31.2 Å². The predicted octanol–water partition coefficient (Wildman–Crippen LogP) is 2.63. The van der Waals surface area contributed by atoms with Crippen molar-refractivity contribution in [2.45, 2.75) is 39.8 Å². The molecule has 0 saturated carbocycles. The molecule has 1 rings (SSSR count). The summed E-state index contributed by atoms with van der Waals surface area (Å²) in [6, 6.07) is 7.65. The second kappa shape index (κ2) is 11.2. The molecule has 0 heterocycles. The first-order valence-electron chi connectivity index (χ1n) is 8.19. The van der Waals surface area contributed by atoms with Crippen LogP contribution in [0.5, 0.6) is 5.75 Å². The van der Waals surface area contributed by atoms with Crippen LogP contribution in [0.4, 0.5) is 0 Å². The third kappa shape index (κ3) is 10.2. The molecule has 1 aromatic carbocycles. The Morgan fingerprint density at radius 1 is 1.28 bits per heavy atom. The molecule has 6 nitrogen and oxygen atoms in total. The van der Waals surface area contributed by atoms with Gasteiger partial charge in [0.15, 0.2) is 12.6 Å². The summed E-state index contributed by atoms with van der Waals surface area (Å²) in [4.78, 5) is 17.7. The highest BCUT2D eigenvalue weighted by Crippen LogP contribution is 2.14. The number of likely N-dealkylation sites (N-methyl/N-ethyl adjacent to an activating group) is 1. The summed E-state index contributed by atoms with van der Waals surface area (Å²) in [6.45, 7) is 9.69. The number of halogens is 1. The van der Waals surface area contributed by atoms with Gasteiger partial charge in [-0.05, 0) is 45.4 Å². The minimum Gasteiger partial charge on any atom is -0.484 e. The highest BCUT2D eigenvalue weighted by Gasteiger charge is 2.11. The van der Waals surface area contributed by atoms with E-state index >= 15 is 0 Å². The van der Waals surface area contributed by atoms with Crippen LogP contribution in [0.25, 0.3) is 0 Å². The van der Waals surface area contributed by atoms with E-state index in [9.17, 15) is 4.79 Å². The maximum Gasteiger partial charge on any atom is 0.259 e. The molecule has 2 N–H and O–H groups in total. The lowest BCUT2D eigenvalue weighted by Gasteiger charge is -2.23. The van der Waals surface area contributed by atoms with Gasteiger partial charge in [0, 0.05) is 26.2 Å². The first kappa shape index (κ1) is 23.5. The summed E-state index contributed by atoms with van der Waals surface area (Å²) < 4.78 is 5.53. The lowest BCUT2D eigenvalue weighted by molar-refractivity contribution is -0.130. The lowest BCUT2D eigenvalue weighted by Crippen LogP contribution is -2.47. The van der Waals surface area contributed by atoms with Gasteiger partial charge < -0.3 is 20.3 Å². The Morgan fingerprint density at radius 3 is 2.52 bits per heavy atom. The van der Waals surface area contributed by atoms with Crippen LogP contribution in [0.1, 0.15) is 33.3 Å². The van der Waals surface area contributed by atoms with Crippen molar-refractivity contribution in [1.82, 2.24) is 15.5 Å². The number of hydrogen-bond donors (Lipinski definition) is 2. The number of hydrogen-bond acceptors (Lipinski definition) is 3. The van der Waals surface area contributed by atoms with Crippen molar-refractivity contribution in [1.29, 1.82) is 0 Å². The van der Waals surface area contributed by atoms with Gasteiger partial charge in [0.25, 0.3) is 5.91 Å². The van der Waals surface area contributed by atoms with Crippen molar-refractivity contribution >= 4 is 35.8 Å². The maximum atomic E-state index is 11.6. The number of guanidine groups is 1. The van der Waals surface area contributed by atoms with E-state index < -0.39 is 0 Å². The molecule has 25 heavy (non-hydrogen) atoms. The van der Waals surface area contributed by atoms with E-state index in [4.69, 9.17) is 4.74 Å². The first-order chi connectivity index (χ1) is 11.2. The molecule has 1 aromatic rings. The van der Waals surface area contributed by atoms with Gasteiger partial charge in [-0.15, -0.1) is 24.0 Å². The molecule has 0 fully saturated rings. The fraction of sp³-hybridized carbons (Fsp3) is 0.556. The van der Waals surface area contributed by atoms with Crippen molar-refractivity contribution in [3.05, 3.63) is 29.8 Å². The third-order valence-electron chi connectivity index (χ3n) is 3.02. The Morgan fingerprint density at radius 2 is 1.96 bits per heavy atom. The number of nitrogens with zero attached hydrogens (tertiary/aromatic N) is 2. The molecule has 1 amide bonds.